The highest BCUT2D eigenvalue weighted by Crippen LogP contribution is 2.18. The summed E-state index contributed by atoms with van der Waals surface area (Å²) in [6, 6.07) is 12.4. The summed E-state index contributed by atoms with van der Waals surface area (Å²) < 4.78 is 10.7. The number of hydrogen-bond acceptors (Lipinski definition) is 4. The number of rotatable bonds is 7. The number of ether oxygens (including phenoxy) is 2. The van der Waals surface area contributed by atoms with Crippen LogP contribution in [0.25, 0.3) is 0 Å². The molecule has 1 N–H and O–H groups in total. The molecule has 0 radical (unpaired) electrons. The quantitative estimate of drug-likeness (QED) is 0.758. The molecule has 0 saturated heterocycles. The predicted octanol–water partition coefficient (Wildman–Crippen LogP) is 4.13. The van der Waals surface area contributed by atoms with Gasteiger partial charge in [-0.3, -0.25) is 4.79 Å². The van der Waals surface area contributed by atoms with Gasteiger partial charge < -0.3 is 14.8 Å². The minimum absolute atomic E-state index is 0.0813. The number of benzene rings is 2. The van der Waals surface area contributed by atoms with Crippen molar-refractivity contribution in [2.45, 2.75) is 27.7 Å². The number of nitrogens with one attached hydrogen (secondary N) is 1. The summed E-state index contributed by atoms with van der Waals surface area (Å²) in [5.41, 5.74) is 3.18. The topological polar surface area (TPSA) is 64.6 Å². The van der Waals surface area contributed by atoms with E-state index in [1.54, 1.807) is 24.3 Å². The van der Waals surface area contributed by atoms with Crippen molar-refractivity contribution in [1.29, 1.82) is 0 Å². The fourth-order valence-electron chi connectivity index (χ4n) is 2.32. The number of anilines is 1. The van der Waals surface area contributed by atoms with E-state index < -0.39 is 0 Å². The van der Waals surface area contributed by atoms with E-state index >= 15 is 0 Å². The van der Waals surface area contributed by atoms with Crippen LogP contribution >= 0.6 is 0 Å². The Balaban J connectivity index is 1.86. The van der Waals surface area contributed by atoms with Gasteiger partial charge >= 0.3 is 5.97 Å². The highest BCUT2D eigenvalue weighted by molar-refractivity contribution is 5.93. The first-order chi connectivity index (χ1) is 12.3. The molecule has 2 aromatic carbocycles. The van der Waals surface area contributed by atoms with Gasteiger partial charge in [0, 0.05) is 5.69 Å². The van der Waals surface area contributed by atoms with E-state index in [0.29, 0.717) is 23.6 Å². The molecular formula is C21H25NO4. The molecule has 0 fully saturated rings. The zero-order valence-electron chi connectivity index (χ0n) is 15.7. The standard InChI is InChI=1S/C21H25NO4/c1-14(2)12-26-21(24)17-6-8-18(9-7-17)22-20(23)13-25-19-10-5-15(3)11-16(19)4/h5-11,14H,12-13H2,1-4H3,(H,22,23). The number of amides is 1. The summed E-state index contributed by atoms with van der Waals surface area (Å²) in [4.78, 5) is 23.9. The zero-order chi connectivity index (χ0) is 19.1. The van der Waals surface area contributed by atoms with Crippen LogP contribution in [0.1, 0.15) is 35.3 Å². The van der Waals surface area contributed by atoms with Crippen LogP contribution in [0.4, 0.5) is 5.69 Å². The van der Waals surface area contributed by atoms with Crippen molar-refractivity contribution in [2.75, 3.05) is 18.5 Å². The van der Waals surface area contributed by atoms with Crippen molar-refractivity contribution in [1.82, 2.24) is 0 Å². The van der Waals surface area contributed by atoms with Crippen LogP contribution in [0.3, 0.4) is 0 Å². The van der Waals surface area contributed by atoms with E-state index in [1.807, 2.05) is 45.9 Å². The van der Waals surface area contributed by atoms with Gasteiger partial charge in [-0.15, -0.1) is 0 Å². The summed E-state index contributed by atoms with van der Waals surface area (Å²) in [5.74, 6) is 0.346. The van der Waals surface area contributed by atoms with E-state index in [-0.39, 0.29) is 24.4 Å². The maximum atomic E-state index is 12.0. The molecule has 5 heteroatoms. The first kappa shape index (κ1) is 19.5. The molecule has 26 heavy (non-hydrogen) atoms. The molecule has 0 aromatic heterocycles. The van der Waals surface area contributed by atoms with Crippen LogP contribution in [0.2, 0.25) is 0 Å². The van der Waals surface area contributed by atoms with Gasteiger partial charge in [0.1, 0.15) is 5.75 Å². The minimum Gasteiger partial charge on any atom is -0.483 e. The Labute approximate surface area is 154 Å². The van der Waals surface area contributed by atoms with Crippen LogP contribution in [0.15, 0.2) is 42.5 Å². The van der Waals surface area contributed by atoms with E-state index in [9.17, 15) is 9.59 Å². The van der Waals surface area contributed by atoms with Gasteiger partial charge in [0.05, 0.1) is 12.2 Å². The van der Waals surface area contributed by atoms with E-state index in [4.69, 9.17) is 9.47 Å². The molecule has 0 bridgehead atoms. The zero-order valence-corrected chi connectivity index (χ0v) is 15.7. The largest absolute Gasteiger partial charge is 0.483 e. The van der Waals surface area contributed by atoms with Crippen molar-refractivity contribution >= 4 is 17.6 Å². The summed E-state index contributed by atoms with van der Waals surface area (Å²) in [7, 11) is 0. The predicted molar refractivity (Wildman–Crippen MR) is 102 cm³/mol. The second kappa shape index (κ2) is 9.04. The van der Waals surface area contributed by atoms with Crippen LogP contribution < -0.4 is 10.1 Å². The molecule has 2 rings (SSSR count). The SMILES string of the molecule is Cc1ccc(OCC(=O)Nc2ccc(C(=O)OCC(C)C)cc2)c(C)c1. The van der Waals surface area contributed by atoms with Crippen LogP contribution in [0.5, 0.6) is 5.75 Å². The third-order valence-corrected chi connectivity index (χ3v) is 3.64. The molecule has 0 heterocycles. The van der Waals surface area contributed by atoms with Gasteiger partial charge in [0.15, 0.2) is 6.61 Å². The monoisotopic (exact) mass is 355 g/mol. The average molecular weight is 355 g/mol. The fourth-order valence-corrected chi connectivity index (χ4v) is 2.32. The molecule has 0 atom stereocenters. The summed E-state index contributed by atoms with van der Waals surface area (Å²) in [5, 5.41) is 2.74. The Morgan fingerprint density at radius 1 is 1.04 bits per heavy atom. The van der Waals surface area contributed by atoms with Gasteiger partial charge in [-0.2, -0.15) is 0 Å². The Hall–Kier alpha value is -2.82. The second-order valence-corrected chi connectivity index (χ2v) is 6.68. The van der Waals surface area contributed by atoms with Crippen molar-refractivity contribution in [2.24, 2.45) is 5.92 Å². The van der Waals surface area contributed by atoms with E-state index in [0.717, 1.165) is 11.1 Å². The molecular weight excluding hydrogens is 330 g/mol. The molecule has 0 unspecified atom stereocenters. The molecule has 2 aromatic rings. The molecule has 5 nitrogen and oxygen atoms in total. The number of carbonyl (C=O) groups excluding carboxylic acids is 2. The lowest BCUT2D eigenvalue weighted by Gasteiger charge is -2.11. The lowest BCUT2D eigenvalue weighted by Crippen LogP contribution is -2.20. The summed E-state index contributed by atoms with van der Waals surface area (Å²) >= 11 is 0. The molecule has 1 amide bonds. The molecule has 0 saturated carbocycles. The average Bonchev–Trinajstić information content (AvgIpc) is 2.59. The lowest BCUT2D eigenvalue weighted by atomic mass is 10.1. The number of esters is 1. The third-order valence-electron chi connectivity index (χ3n) is 3.64. The molecule has 0 aliphatic carbocycles. The summed E-state index contributed by atoms with van der Waals surface area (Å²) in [6.45, 7) is 8.20. The van der Waals surface area contributed by atoms with E-state index in [1.165, 1.54) is 0 Å². The normalized spacial score (nSPS) is 10.5. The van der Waals surface area contributed by atoms with Crippen LogP contribution in [-0.2, 0) is 9.53 Å². The maximum Gasteiger partial charge on any atom is 0.338 e. The first-order valence-electron chi connectivity index (χ1n) is 8.62. The molecule has 0 aliphatic rings. The van der Waals surface area contributed by atoms with Crippen LogP contribution in [-0.4, -0.2) is 25.1 Å². The van der Waals surface area contributed by atoms with Gasteiger partial charge in [-0.1, -0.05) is 31.5 Å². The number of hydrogen-bond donors (Lipinski definition) is 1. The van der Waals surface area contributed by atoms with E-state index in [2.05, 4.69) is 5.32 Å². The van der Waals surface area contributed by atoms with Crippen molar-refractivity contribution in [3.8, 4) is 5.75 Å². The fraction of sp³-hybridized carbons (Fsp3) is 0.333. The first-order valence-corrected chi connectivity index (χ1v) is 8.62. The van der Waals surface area contributed by atoms with Crippen molar-refractivity contribution < 1.29 is 19.1 Å². The van der Waals surface area contributed by atoms with Crippen molar-refractivity contribution in [3.05, 3.63) is 59.2 Å². The Bertz CT molecular complexity index is 766. The molecule has 0 aliphatic heterocycles. The van der Waals surface area contributed by atoms with Gasteiger partial charge in [-0.25, -0.2) is 4.79 Å². The highest BCUT2D eigenvalue weighted by Gasteiger charge is 2.09. The van der Waals surface area contributed by atoms with Gasteiger partial charge in [-0.05, 0) is 55.7 Å². The van der Waals surface area contributed by atoms with Crippen molar-refractivity contribution in [3.63, 3.8) is 0 Å². The third kappa shape index (κ3) is 5.92. The second-order valence-electron chi connectivity index (χ2n) is 6.68. The Morgan fingerprint density at radius 3 is 2.35 bits per heavy atom. The Morgan fingerprint density at radius 2 is 1.73 bits per heavy atom. The highest BCUT2D eigenvalue weighted by atomic mass is 16.5. The summed E-state index contributed by atoms with van der Waals surface area (Å²) in [6.07, 6.45) is 0. The molecule has 138 valence electrons. The maximum absolute atomic E-state index is 12.0. The minimum atomic E-state index is -0.366. The van der Waals surface area contributed by atoms with Gasteiger partial charge in [0.25, 0.3) is 5.91 Å². The number of aryl methyl sites for hydroxylation is 2. The van der Waals surface area contributed by atoms with Gasteiger partial charge in [0.2, 0.25) is 0 Å². The molecule has 0 spiro atoms. The smallest absolute Gasteiger partial charge is 0.338 e. The van der Waals surface area contributed by atoms with Crippen LogP contribution in [0, 0.1) is 19.8 Å². The lowest BCUT2D eigenvalue weighted by molar-refractivity contribution is -0.118. The number of carbonyl (C=O) groups is 2. The Kier molecular flexibility index (Phi) is 6.78.